The van der Waals surface area contributed by atoms with E-state index < -0.39 is 6.86 Å². The van der Waals surface area contributed by atoms with Crippen molar-refractivity contribution in [2.24, 2.45) is 0 Å². The Hall–Kier alpha value is -0.900. The molecule has 4 heteroatoms. The fourth-order valence-corrected chi connectivity index (χ4v) is 1.60. The third-order valence-corrected chi connectivity index (χ3v) is 2.41. The highest BCUT2D eigenvalue weighted by molar-refractivity contribution is 9.10. The molecule has 0 aliphatic rings. The molecule has 0 bridgehead atoms. The number of benzene rings is 1. The van der Waals surface area contributed by atoms with Gasteiger partial charge in [0.2, 0.25) is 6.86 Å². The summed E-state index contributed by atoms with van der Waals surface area (Å²) in [6.45, 7) is 0.815. The molecule has 0 aliphatic carbocycles. The summed E-state index contributed by atoms with van der Waals surface area (Å²) in [5, 5.41) is 0. The number of carbonyl (C=O) groups is 1. The van der Waals surface area contributed by atoms with Gasteiger partial charge in [-0.15, -0.1) is 0 Å². The minimum Gasteiger partial charge on any atom is -0.461 e. The largest absolute Gasteiger partial charge is 0.461 e. The Bertz CT molecular complexity index is 339. The molecule has 0 N–H and O–H groups in total. The van der Waals surface area contributed by atoms with E-state index in [0.717, 1.165) is 0 Å². The highest BCUT2D eigenvalue weighted by Gasteiger charge is 2.13. The van der Waals surface area contributed by atoms with E-state index in [4.69, 9.17) is 4.74 Å². The molecule has 0 aliphatic heterocycles. The standard InChI is InChI=1S/C10H10BrFO2/c1-2-9(13)7-4-3-5-8(11)10(7)14-6-12/h3-5H,2,6H2,1H3. The number of halogens is 2. The fourth-order valence-electron chi connectivity index (χ4n) is 1.12. The van der Waals surface area contributed by atoms with E-state index in [-0.39, 0.29) is 11.5 Å². The van der Waals surface area contributed by atoms with Gasteiger partial charge in [-0.1, -0.05) is 13.0 Å². The van der Waals surface area contributed by atoms with Crippen LogP contribution >= 0.6 is 15.9 Å². The maximum atomic E-state index is 12.1. The van der Waals surface area contributed by atoms with Crippen molar-refractivity contribution in [1.82, 2.24) is 0 Å². The minimum atomic E-state index is -0.938. The van der Waals surface area contributed by atoms with Crippen molar-refractivity contribution in [3.63, 3.8) is 0 Å². The van der Waals surface area contributed by atoms with Crippen molar-refractivity contribution < 1.29 is 13.9 Å². The van der Waals surface area contributed by atoms with Gasteiger partial charge in [0.1, 0.15) is 5.75 Å². The second kappa shape index (κ2) is 5.10. The van der Waals surface area contributed by atoms with Crippen LogP contribution in [0.2, 0.25) is 0 Å². The molecule has 0 amide bonds. The zero-order valence-corrected chi connectivity index (χ0v) is 9.30. The average molecular weight is 261 g/mol. The molecule has 0 heterocycles. The molecule has 76 valence electrons. The Morgan fingerprint density at radius 1 is 1.57 bits per heavy atom. The lowest BCUT2D eigenvalue weighted by molar-refractivity contribution is 0.0980. The van der Waals surface area contributed by atoms with Gasteiger partial charge < -0.3 is 4.74 Å². The first-order valence-electron chi connectivity index (χ1n) is 4.21. The zero-order valence-electron chi connectivity index (χ0n) is 7.72. The summed E-state index contributed by atoms with van der Waals surface area (Å²) < 4.78 is 17.4. The Labute approximate surface area is 90.2 Å². The van der Waals surface area contributed by atoms with Crippen molar-refractivity contribution in [2.45, 2.75) is 13.3 Å². The molecule has 0 aromatic heterocycles. The fraction of sp³-hybridized carbons (Fsp3) is 0.300. The van der Waals surface area contributed by atoms with Crippen LogP contribution in [-0.2, 0) is 0 Å². The van der Waals surface area contributed by atoms with E-state index in [0.29, 0.717) is 16.5 Å². The molecule has 2 nitrogen and oxygen atoms in total. The lowest BCUT2D eigenvalue weighted by Crippen LogP contribution is -2.02. The molecule has 1 aromatic carbocycles. The van der Waals surface area contributed by atoms with Crippen molar-refractivity contribution >= 4 is 21.7 Å². The molecule has 0 radical (unpaired) electrons. The summed E-state index contributed by atoms with van der Waals surface area (Å²) in [6, 6.07) is 5.05. The van der Waals surface area contributed by atoms with E-state index in [2.05, 4.69) is 15.9 Å². The number of ether oxygens (including phenoxy) is 1. The summed E-state index contributed by atoms with van der Waals surface area (Å²) in [6.07, 6.45) is 0.374. The Balaban J connectivity index is 3.13. The van der Waals surface area contributed by atoms with Crippen molar-refractivity contribution in [1.29, 1.82) is 0 Å². The van der Waals surface area contributed by atoms with Gasteiger partial charge in [0.25, 0.3) is 0 Å². The molecule has 1 aromatic rings. The van der Waals surface area contributed by atoms with Gasteiger partial charge >= 0.3 is 0 Å². The number of alkyl halides is 1. The molecule has 0 unspecified atom stereocenters. The van der Waals surface area contributed by atoms with Crippen molar-refractivity contribution in [3.05, 3.63) is 28.2 Å². The average Bonchev–Trinajstić information content (AvgIpc) is 2.20. The molecule has 0 fully saturated rings. The van der Waals surface area contributed by atoms with Crippen LogP contribution in [0.1, 0.15) is 23.7 Å². The molecule has 0 saturated heterocycles. The first kappa shape index (κ1) is 11.2. The predicted octanol–water partition coefficient (Wildman–Crippen LogP) is 3.35. The lowest BCUT2D eigenvalue weighted by Gasteiger charge is -2.08. The van der Waals surface area contributed by atoms with Gasteiger partial charge in [-0.2, -0.15) is 0 Å². The van der Waals surface area contributed by atoms with Crippen molar-refractivity contribution in [2.75, 3.05) is 6.86 Å². The van der Waals surface area contributed by atoms with E-state index in [1.807, 2.05) is 0 Å². The Morgan fingerprint density at radius 3 is 2.86 bits per heavy atom. The topological polar surface area (TPSA) is 26.3 Å². The lowest BCUT2D eigenvalue weighted by atomic mass is 10.1. The number of carbonyl (C=O) groups excluding carboxylic acids is 1. The monoisotopic (exact) mass is 260 g/mol. The summed E-state index contributed by atoms with van der Waals surface area (Å²) in [7, 11) is 0. The van der Waals surface area contributed by atoms with Crippen LogP contribution in [0.5, 0.6) is 5.75 Å². The van der Waals surface area contributed by atoms with Crippen LogP contribution in [0.25, 0.3) is 0 Å². The highest BCUT2D eigenvalue weighted by Crippen LogP contribution is 2.29. The molecule has 14 heavy (non-hydrogen) atoms. The van der Waals surface area contributed by atoms with Gasteiger partial charge in [-0.3, -0.25) is 4.79 Å². The first-order valence-corrected chi connectivity index (χ1v) is 5.00. The maximum absolute atomic E-state index is 12.1. The van der Waals surface area contributed by atoms with Gasteiger partial charge in [0.15, 0.2) is 5.78 Å². The summed E-state index contributed by atoms with van der Waals surface area (Å²) in [5.74, 6) is 0.219. The van der Waals surface area contributed by atoms with Gasteiger partial charge in [-0.05, 0) is 28.1 Å². The third-order valence-electron chi connectivity index (χ3n) is 1.79. The van der Waals surface area contributed by atoms with Crippen LogP contribution in [0, 0.1) is 0 Å². The highest BCUT2D eigenvalue weighted by atomic mass is 79.9. The number of para-hydroxylation sites is 1. The van der Waals surface area contributed by atoms with Crippen LogP contribution in [0.15, 0.2) is 22.7 Å². The Morgan fingerprint density at radius 2 is 2.29 bits per heavy atom. The van der Waals surface area contributed by atoms with Crippen LogP contribution in [0.4, 0.5) is 4.39 Å². The summed E-state index contributed by atoms with van der Waals surface area (Å²) in [5.41, 5.74) is 0.416. The molecular formula is C10H10BrFO2. The number of hydrogen-bond donors (Lipinski definition) is 0. The number of rotatable bonds is 4. The second-order valence-corrected chi connectivity index (χ2v) is 3.50. The maximum Gasteiger partial charge on any atom is 0.228 e. The van der Waals surface area contributed by atoms with Crippen molar-refractivity contribution in [3.8, 4) is 5.75 Å². The Kier molecular flexibility index (Phi) is 4.07. The van der Waals surface area contributed by atoms with E-state index in [9.17, 15) is 9.18 Å². The first-order chi connectivity index (χ1) is 6.70. The molecule has 0 atom stereocenters. The molecule has 0 spiro atoms. The second-order valence-electron chi connectivity index (χ2n) is 2.65. The minimum absolute atomic E-state index is 0.0604. The smallest absolute Gasteiger partial charge is 0.228 e. The van der Waals surface area contributed by atoms with E-state index in [1.54, 1.807) is 25.1 Å². The normalized spacial score (nSPS) is 9.93. The molecule has 1 rings (SSSR count). The molecular weight excluding hydrogens is 251 g/mol. The number of ketones is 1. The summed E-state index contributed by atoms with van der Waals surface area (Å²) >= 11 is 3.20. The van der Waals surface area contributed by atoms with Crippen LogP contribution < -0.4 is 4.74 Å². The predicted molar refractivity (Wildman–Crippen MR) is 55.4 cm³/mol. The zero-order chi connectivity index (χ0) is 10.6. The molecule has 0 saturated carbocycles. The summed E-state index contributed by atoms with van der Waals surface area (Å²) in [4.78, 5) is 11.4. The van der Waals surface area contributed by atoms with E-state index >= 15 is 0 Å². The quantitative estimate of drug-likeness (QED) is 0.777. The number of Topliss-reactive ketones (excluding diaryl/α,β-unsaturated/α-hetero) is 1. The van der Waals surface area contributed by atoms with Crippen LogP contribution in [-0.4, -0.2) is 12.6 Å². The van der Waals surface area contributed by atoms with Crippen LogP contribution in [0.3, 0.4) is 0 Å². The number of hydrogen-bond acceptors (Lipinski definition) is 2. The SMILES string of the molecule is CCC(=O)c1cccc(Br)c1OCF. The third kappa shape index (κ3) is 2.32. The van der Waals surface area contributed by atoms with Gasteiger partial charge in [0.05, 0.1) is 10.0 Å². The van der Waals surface area contributed by atoms with Gasteiger partial charge in [0, 0.05) is 6.42 Å². The van der Waals surface area contributed by atoms with Gasteiger partial charge in [-0.25, -0.2) is 4.39 Å². The van der Waals surface area contributed by atoms with E-state index in [1.165, 1.54) is 0 Å².